The fourth-order valence-corrected chi connectivity index (χ4v) is 3.61. The Morgan fingerprint density at radius 1 is 1.32 bits per heavy atom. The predicted molar refractivity (Wildman–Crippen MR) is 95.0 cm³/mol. The van der Waals surface area contributed by atoms with E-state index in [4.69, 9.17) is 4.74 Å². The molecule has 4 rings (SSSR count). The summed E-state index contributed by atoms with van der Waals surface area (Å²) in [4.78, 5) is 18.9. The first-order valence-corrected chi connectivity index (χ1v) is 8.38. The molecule has 1 unspecified atom stereocenters. The van der Waals surface area contributed by atoms with Crippen LogP contribution in [0.4, 0.5) is 0 Å². The van der Waals surface area contributed by atoms with Crippen LogP contribution in [-0.4, -0.2) is 33.1 Å². The van der Waals surface area contributed by atoms with Gasteiger partial charge in [-0.3, -0.25) is 4.79 Å². The Kier molecular flexibility index (Phi) is 3.62. The Balaban J connectivity index is 1.67. The Bertz CT molecular complexity index is 896. The van der Waals surface area contributed by atoms with Gasteiger partial charge in [-0.2, -0.15) is 0 Å². The first-order chi connectivity index (χ1) is 12.0. The lowest BCUT2D eigenvalue weighted by Crippen LogP contribution is -2.39. The number of rotatable bonds is 3. The van der Waals surface area contributed by atoms with Gasteiger partial charge in [0.05, 0.1) is 24.6 Å². The van der Waals surface area contributed by atoms with Gasteiger partial charge in [-0.05, 0) is 37.6 Å². The summed E-state index contributed by atoms with van der Waals surface area (Å²) in [6.07, 6.45) is 9.94. The van der Waals surface area contributed by atoms with E-state index in [0.29, 0.717) is 6.54 Å². The lowest BCUT2D eigenvalue weighted by Gasteiger charge is -2.37. The number of carbonyl (C=O) groups excluding carboxylic acids is 1. The quantitative estimate of drug-likeness (QED) is 0.865. The Morgan fingerprint density at radius 2 is 2.12 bits per heavy atom. The highest BCUT2D eigenvalue weighted by atomic mass is 16.5. The second kappa shape index (κ2) is 5.70. The molecule has 1 aromatic carbocycles. The summed E-state index contributed by atoms with van der Waals surface area (Å²) in [7, 11) is 1.70. The molecule has 1 aliphatic carbocycles. The van der Waals surface area contributed by atoms with Crippen molar-refractivity contribution in [1.82, 2.24) is 14.5 Å². The van der Waals surface area contributed by atoms with Crippen molar-refractivity contribution in [2.45, 2.75) is 32.0 Å². The van der Waals surface area contributed by atoms with Crippen molar-refractivity contribution in [3.8, 4) is 0 Å². The van der Waals surface area contributed by atoms with Gasteiger partial charge in [0, 0.05) is 24.6 Å². The van der Waals surface area contributed by atoms with Gasteiger partial charge in [-0.1, -0.05) is 24.3 Å². The van der Waals surface area contributed by atoms with Gasteiger partial charge in [-0.25, -0.2) is 4.98 Å². The highest BCUT2D eigenvalue weighted by molar-refractivity contribution is 5.99. The van der Waals surface area contributed by atoms with Gasteiger partial charge in [-0.15, -0.1) is 0 Å². The number of aromatic nitrogens is 2. The van der Waals surface area contributed by atoms with E-state index in [1.807, 2.05) is 72.3 Å². The monoisotopic (exact) mass is 335 g/mol. The van der Waals surface area contributed by atoms with E-state index >= 15 is 0 Å². The maximum atomic E-state index is 12.7. The lowest BCUT2D eigenvalue weighted by atomic mass is 9.89. The first-order valence-electron chi connectivity index (χ1n) is 8.38. The second-order valence-corrected chi connectivity index (χ2v) is 6.77. The van der Waals surface area contributed by atoms with Gasteiger partial charge >= 0.3 is 0 Å². The molecule has 0 N–H and O–H groups in total. The zero-order chi connectivity index (χ0) is 17.6. The summed E-state index contributed by atoms with van der Waals surface area (Å²) in [6, 6.07) is 7.76. The van der Waals surface area contributed by atoms with Gasteiger partial charge in [0.1, 0.15) is 5.60 Å². The van der Waals surface area contributed by atoms with Crippen molar-refractivity contribution in [2.24, 2.45) is 0 Å². The van der Waals surface area contributed by atoms with E-state index in [1.54, 1.807) is 7.11 Å². The van der Waals surface area contributed by atoms with Crippen molar-refractivity contribution in [3.63, 3.8) is 0 Å². The molecule has 2 atom stereocenters. The molecule has 128 valence electrons. The minimum atomic E-state index is -0.563. The molecular formula is C20H21N3O2. The van der Waals surface area contributed by atoms with Crippen LogP contribution >= 0.6 is 0 Å². The van der Waals surface area contributed by atoms with Crippen molar-refractivity contribution < 1.29 is 9.53 Å². The normalized spacial score (nSPS) is 25.2. The highest BCUT2D eigenvalue weighted by Crippen LogP contribution is 2.37. The van der Waals surface area contributed by atoms with E-state index < -0.39 is 5.60 Å². The van der Waals surface area contributed by atoms with Crippen LogP contribution in [0.3, 0.4) is 0 Å². The fraction of sp³-hybridized carbons (Fsp3) is 0.300. The van der Waals surface area contributed by atoms with Crippen LogP contribution in [0.2, 0.25) is 0 Å². The molecule has 1 aromatic heterocycles. The number of carbonyl (C=O) groups is 1. The third-order valence-corrected chi connectivity index (χ3v) is 5.10. The molecule has 2 aliphatic rings. The molecule has 0 saturated carbocycles. The summed E-state index contributed by atoms with van der Waals surface area (Å²) < 4.78 is 7.89. The molecule has 1 amide bonds. The average Bonchev–Trinajstić information content (AvgIpc) is 3.19. The molecule has 25 heavy (non-hydrogen) atoms. The molecule has 5 heteroatoms. The Hall–Kier alpha value is -2.66. The van der Waals surface area contributed by atoms with Crippen LogP contribution < -0.4 is 0 Å². The summed E-state index contributed by atoms with van der Waals surface area (Å²) in [6.45, 7) is 4.60. The molecule has 0 bridgehead atoms. The number of nitrogens with zero attached hydrogens (tertiary/aromatic N) is 3. The van der Waals surface area contributed by atoms with Crippen molar-refractivity contribution in [3.05, 3.63) is 77.5 Å². The van der Waals surface area contributed by atoms with Gasteiger partial charge in [0.2, 0.25) is 0 Å². The largest absolute Gasteiger partial charge is 0.372 e. The van der Waals surface area contributed by atoms with Crippen molar-refractivity contribution in [2.75, 3.05) is 7.11 Å². The number of imidazole rings is 1. The van der Waals surface area contributed by atoms with Crippen LogP contribution in [0.25, 0.3) is 0 Å². The molecule has 0 saturated heterocycles. The number of ether oxygens (including phenoxy) is 1. The smallest absolute Gasteiger partial charge is 0.258 e. The van der Waals surface area contributed by atoms with E-state index in [0.717, 1.165) is 22.5 Å². The summed E-state index contributed by atoms with van der Waals surface area (Å²) >= 11 is 0. The van der Waals surface area contributed by atoms with E-state index in [-0.39, 0.29) is 11.9 Å². The number of benzene rings is 1. The second-order valence-electron chi connectivity index (χ2n) is 6.77. The average molecular weight is 335 g/mol. The van der Waals surface area contributed by atoms with Crippen LogP contribution in [0.1, 0.15) is 34.6 Å². The minimum Gasteiger partial charge on any atom is -0.372 e. The van der Waals surface area contributed by atoms with E-state index in [1.165, 1.54) is 0 Å². The number of methoxy groups -OCH3 is 1. The number of aryl methyl sites for hydroxylation is 1. The molecule has 0 fully saturated rings. The van der Waals surface area contributed by atoms with Gasteiger partial charge < -0.3 is 14.2 Å². The minimum absolute atomic E-state index is 0.0115. The molecule has 0 radical (unpaired) electrons. The molecule has 2 aromatic rings. The SMILES string of the molecule is CO[C@@]1(C)C=C(N2Cc3ccccc3C2=O)C=CC1n1cnc(C)c1. The molecule has 2 heterocycles. The Morgan fingerprint density at radius 3 is 2.80 bits per heavy atom. The van der Waals surface area contributed by atoms with Gasteiger partial charge in [0.15, 0.2) is 0 Å². The van der Waals surface area contributed by atoms with E-state index in [9.17, 15) is 4.79 Å². The predicted octanol–water partition coefficient (Wildman–Crippen LogP) is 3.25. The molecule has 1 aliphatic heterocycles. The zero-order valence-corrected chi connectivity index (χ0v) is 14.6. The number of hydrogen-bond donors (Lipinski definition) is 0. The third kappa shape index (κ3) is 2.51. The molecule has 5 nitrogen and oxygen atoms in total. The van der Waals surface area contributed by atoms with E-state index in [2.05, 4.69) is 11.1 Å². The molecular weight excluding hydrogens is 314 g/mol. The lowest BCUT2D eigenvalue weighted by molar-refractivity contribution is 0.0145. The third-order valence-electron chi connectivity index (χ3n) is 5.10. The van der Waals surface area contributed by atoms with Crippen molar-refractivity contribution in [1.29, 1.82) is 0 Å². The maximum absolute atomic E-state index is 12.7. The molecule has 0 spiro atoms. The summed E-state index contributed by atoms with van der Waals surface area (Å²) in [5.74, 6) is 0.0434. The van der Waals surface area contributed by atoms with Crippen LogP contribution in [-0.2, 0) is 11.3 Å². The standard InChI is InChI=1S/C20H21N3O2/c1-14-11-22(13-21-14)18-9-8-16(10-20(18,2)25-3)23-12-15-6-4-5-7-17(15)19(23)24/h4-11,13,18H,12H2,1-3H3/t18?,20-/m0/s1. The van der Waals surface area contributed by atoms with Crippen LogP contribution in [0.15, 0.2) is 60.7 Å². The zero-order valence-electron chi connectivity index (χ0n) is 14.6. The summed E-state index contributed by atoms with van der Waals surface area (Å²) in [5.41, 5.74) is 3.12. The first kappa shape index (κ1) is 15.8. The summed E-state index contributed by atoms with van der Waals surface area (Å²) in [5, 5.41) is 0. The fourth-order valence-electron chi connectivity index (χ4n) is 3.61. The number of hydrogen-bond acceptors (Lipinski definition) is 3. The van der Waals surface area contributed by atoms with Crippen LogP contribution in [0.5, 0.6) is 0 Å². The Labute approximate surface area is 147 Å². The van der Waals surface area contributed by atoms with Crippen molar-refractivity contribution >= 4 is 5.91 Å². The number of amides is 1. The topological polar surface area (TPSA) is 47.4 Å². The number of allylic oxidation sites excluding steroid dienone is 1. The van der Waals surface area contributed by atoms with Gasteiger partial charge in [0.25, 0.3) is 5.91 Å². The number of fused-ring (bicyclic) bond motifs is 1. The maximum Gasteiger partial charge on any atom is 0.258 e. The van der Waals surface area contributed by atoms with Crippen LogP contribution in [0, 0.1) is 6.92 Å². The highest BCUT2D eigenvalue weighted by Gasteiger charge is 2.38.